The van der Waals surface area contributed by atoms with Crippen LogP contribution in [0, 0.1) is 13.8 Å². The molecular formula is C16H25NO2. The number of hydrogen-bond acceptors (Lipinski definition) is 3. The fourth-order valence-corrected chi connectivity index (χ4v) is 1.95. The van der Waals surface area contributed by atoms with Crippen LogP contribution in [0.1, 0.15) is 37.5 Å². The van der Waals surface area contributed by atoms with Crippen LogP contribution < -0.4 is 5.32 Å². The van der Waals surface area contributed by atoms with E-state index in [2.05, 4.69) is 51.2 Å². The van der Waals surface area contributed by atoms with Crippen molar-refractivity contribution in [1.29, 1.82) is 0 Å². The number of benzene rings is 1. The van der Waals surface area contributed by atoms with E-state index in [0.29, 0.717) is 6.61 Å². The minimum Gasteiger partial charge on any atom is -0.465 e. The Balaban J connectivity index is 2.60. The van der Waals surface area contributed by atoms with Gasteiger partial charge < -0.3 is 10.1 Å². The third kappa shape index (κ3) is 4.67. The molecule has 0 bridgehead atoms. The molecule has 0 unspecified atom stereocenters. The zero-order chi connectivity index (χ0) is 14.5. The van der Waals surface area contributed by atoms with E-state index in [0.717, 1.165) is 6.54 Å². The molecule has 1 aromatic carbocycles. The molecule has 0 heterocycles. The SMILES string of the molecule is CCOC(=O)CNCC(C)(C)c1ccc(C)c(C)c1. The summed E-state index contributed by atoms with van der Waals surface area (Å²) in [6.45, 7) is 11.9. The summed E-state index contributed by atoms with van der Waals surface area (Å²) in [7, 11) is 0. The van der Waals surface area contributed by atoms with Crippen molar-refractivity contribution in [2.24, 2.45) is 0 Å². The van der Waals surface area contributed by atoms with Gasteiger partial charge in [-0.3, -0.25) is 4.79 Å². The van der Waals surface area contributed by atoms with Crippen LogP contribution in [0.4, 0.5) is 0 Å². The van der Waals surface area contributed by atoms with Crippen molar-refractivity contribution in [3.63, 3.8) is 0 Å². The maximum absolute atomic E-state index is 11.3. The van der Waals surface area contributed by atoms with Crippen LogP contribution in [0.3, 0.4) is 0 Å². The predicted octanol–water partition coefficient (Wildman–Crippen LogP) is 2.73. The number of carbonyl (C=O) groups excluding carboxylic acids is 1. The minimum atomic E-state index is -0.196. The van der Waals surface area contributed by atoms with E-state index in [1.807, 2.05) is 6.92 Å². The zero-order valence-electron chi connectivity index (χ0n) is 12.7. The molecule has 0 amide bonds. The van der Waals surface area contributed by atoms with Gasteiger partial charge in [-0.05, 0) is 37.5 Å². The molecule has 1 N–H and O–H groups in total. The maximum atomic E-state index is 11.3. The Labute approximate surface area is 116 Å². The van der Waals surface area contributed by atoms with Crippen LogP contribution in [0.15, 0.2) is 18.2 Å². The summed E-state index contributed by atoms with van der Waals surface area (Å²) in [5, 5.41) is 3.17. The summed E-state index contributed by atoms with van der Waals surface area (Å²) in [6, 6.07) is 6.54. The van der Waals surface area contributed by atoms with Gasteiger partial charge in [-0.15, -0.1) is 0 Å². The molecule has 0 radical (unpaired) electrons. The third-order valence-electron chi connectivity index (χ3n) is 3.43. The maximum Gasteiger partial charge on any atom is 0.319 e. The van der Waals surface area contributed by atoms with Crippen LogP contribution in [0.5, 0.6) is 0 Å². The quantitative estimate of drug-likeness (QED) is 0.802. The molecule has 0 atom stereocenters. The molecule has 3 nitrogen and oxygen atoms in total. The van der Waals surface area contributed by atoms with Gasteiger partial charge in [0.2, 0.25) is 0 Å². The molecule has 106 valence electrons. The van der Waals surface area contributed by atoms with E-state index >= 15 is 0 Å². The normalized spacial score (nSPS) is 11.4. The molecule has 19 heavy (non-hydrogen) atoms. The monoisotopic (exact) mass is 263 g/mol. The first-order valence-electron chi connectivity index (χ1n) is 6.81. The lowest BCUT2D eigenvalue weighted by Gasteiger charge is -2.26. The molecular weight excluding hydrogens is 238 g/mol. The average Bonchev–Trinajstić information content (AvgIpc) is 2.32. The summed E-state index contributed by atoms with van der Waals surface area (Å²) in [5.41, 5.74) is 3.88. The largest absolute Gasteiger partial charge is 0.465 e. The van der Waals surface area contributed by atoms with Gasteiger partial charge in [0.25, 0.3) is 0 Å². The van der Waals surface area contributed by atoms with Crippen molar-refractivity contribution in [2.75, 3.05) is 19.7 Å². The summed E-state index contributed by atoms with van der Waals surface area (Å²) in [5.74, 6) is -0.196. The first-order valence-corrected chi connectivity index (χ1v) is 6.81. The lowest BCUT2D eigenvalue weighted by atomic mass is 9.83. The van der Waals surface area contributed by atoms with Crippen molar-refractivity contribution in [1.82, 2.24) is 5.32 Å². The molecule has 0 saturated heterocycles. The second-order valence-electron chi connectivity index (χ2n) is 5.59. The smallest absolute Gasteiger partial charge is 0.319 e. The highest BCUT2D eigenvalue weighted by molar-refractivity contribution is 5.71. The first-order chi connectivity index (χ1) is 8.86. The molecule has 1 rings (SSSR count). The lowest BCUT2D eigenvalue weighted by Crippen LogP contribution is -2.36. The first kappa shape index (κ1) is 15.7. The number of aryl methyl sites for hydroxylation is 2. The third-order valence-corrected chi connectivity index (χ3v) is 3.43. The van der Waals surface area contributed by atoms with Crippen molar-refractivity contribution >= 4 is 5.97 Å². The molecule has 0 fully saturated rings. The lowest BCUT2D eigenvalue weighted by molar-refractivity contribution is -0.142. The number of rotatable bonds is 6. The van der Waals surface area contributed by atoms with Gasteiger partial charge >= 0.3 is 5.97 Å². The summed E-state index contributed by atoms with van der Waals surface area (Å²) in [6.07, 6.45) is 0. The van der Waals surface area contributed by atoms with Crippen LogP contribution in [-0.4, -0.2) is 25.7 Å². The van der Waals surface area contributed by atoms with Crippen LogP contribution in [-0.2, 0) is 14.9 Å². The standard InChI is InChI=1S/C16H25NO2/c1-6-19-15(18)10-17-11-16(4,5)14-8-7-12(2)13(3)9-14/h7-9,17H,6,10-11H2,1-5H3. The van der Waals surface area contributed by atoms with Gasteiger partial charge in [-0.25, -0.2) is 0 Å². The van der Waals surface area contributed by atoms with E-state index in [1.54, 1.807) is 0 Å². The Morgan fingerprint density at radius 1 is 1.26 bits per heavy atom. The van der Waals surface area contributed by atoms with Crippen LogP contribution in [0.25, 0.3) is 0 Å². The summed E-state index contributed by atoms with van der Waals surface area (Å²) in [4.78, 5) is 11.3. The molecule has 0 spiro atoms. The zero-order valence-corrected chi connectivity index (χ0v) is 12.7. The highest BCUT2D eigenvalue weighted by Gasteiger charge is 2.21. The summed E-state index contributed by atoms with van der Waals surface area (Å²) < 4.78 is 4.90. The van der Waals surface area contributed by atoms with Crippen molar-refractivity contribution in [3.05, 3.63) is 34.9 Å². The van der Waals surface area contributed by atoms with Gasteiger partial charge in [0.05, 0.1) is 13.2 Å². The average molecular weight is 263 g/mol. The fourth-order valence-electron chi connectivity index (χ4n) is 1.95. The predicted molar refractivity (Wildman–Crippen MR) is 78.4 cm³/mol. The minimum absolute atomic E-state index is 0.00897. The van der Waals surface area contributed by atoms with Crippen molar-refractivity contribution in [2.45, 2.75) is 40.0 Å². The number of carbonyl (C=O) groups is 1. The molecule has 3 heteroatoms. The Bertz CT molecular complexity index is 438. The van der Waals surface area contributed by atoms with E-state index in [9.17, 15) is 4.79 Å². The topological polar surface area (TPSA) is 38.3 Å². The molecule has 1 aromatic rings. The second-order valence-corrected chi connectivity index (χ2v) is 5.59. The van der Waals surface area contributed by atoms with E-state index < -0.39 is 0 Å². The molecule has 0 aromatic heterocycles. The molecule has 0 aliphatic carbocycles. The molecule has 0 saturated carbocycles. The number of hydrogen-bond donors (Lipinski definition) is 1. The Hall–Kier alpha value is -1.35. The van der Waals surface area contributed by atoms with Gasteiger partial charge in [0.15, 0.2) is 0 Å². The van der Waals surface area contributed by atoms with Gasteiger partial charge in [-0.2, -0.15) is 0 Å². The number of ether oxygens (including phenoxy) is 1. The van der Waals surface area contributed by atoms with E-state index in [-0.39, 0.29) is 17.9 Å². The van der Waals surface area contributed by atoms with Crippen molar-refractivity contribution < 1.29 is 9.53 Å². The molecule has 0 aliphatic heterocycles. The van der Waals surface area contributed by atoms with E-state index in [4.69, 9.17) is 4.74 Å². The van der Waals surface area contributed by atoms with Gasteiger partial charge in [0, 0.05) is 12.0 Å². The highest BCUT2D eigenvalue weighted by Crippen LogP contribution is 2.24. The summed E-state index contributed by atoms with van der Waals surface area (Å²) >= 11 is 0. The van der Waals surface area contributed by atoms with Crippen molar-refractivity contribution in [3.8, 4) is 0 Å². The van der Waals surface area contributed by atoms with Gasteiger partial charge in [-0.1, -0.05) is 32.0 Å². The number of esters is 1. The van der Waals surface area contributed by atoms with Gasteiger partial charge in [0.1, 0.15) is 0 Å². The van der Waals surface area contributed by atoms with Crippen LogP contribution >= 0.6 is 0 Å². The fraction of sp³-hybridized carbons (Fsp3) is 0.562. The van der Waals surface area contributed by atoms with Crippen LogP contribution in [0.2, 0.25) is 0 Å². The Morgan fingerprint density at radius 2 is 1.95 bits per heavy atom. The highest BCUT2D eigenvalue weighted by atomic mass is 16.5. The Morgan fingerprint density at radius 3 is 2.53 bits per heavy atom. The van der Waals surface area contributed by atoms with E-state index in [1.165, 1.54) is 16.7 Å². The number of nitrogens with one attached hydrogen (secondary N) is 1. The molecule has 0 aliphatic rings. The Kier molecular flexibility index (Phi) is 5.55. The second kappa shape index (κ2) is 6.71.